The molecule has 2 rings (SSSR count). The molecule has 0 amide bonds. The molecule has 0 spiro atoms. The van der Waals surface area contributed by atoms with E-state index >= 15 is 0 Å². The highest BCUT2D eigenvalue weighted by Gasteiger charge is 2.19. The Hall–Kier alpha value is -1.81. The summed E-state index contributed by atoms with van der Waals surface area (Å²) in [6.45, 7) is 2.04. The summed E-state index contributed by atoms with van der Waals surface area (Å²) in [4.78, 5) is 11.5. The number of ether oxygens (including phenoxy) is 1. The van der Waals surface area contributed by atoms with E-state index in [2.05, 4.69) is 10.2 Å². The van der Waals surface area contributed by atoms with E-state index < -0.39 is 5.97 Å². The van der Waals surface area contributed by atoms with Crippen molar-refractivity contribution in [3.63, 3.8) is 0 Å². The molecule has 0 radical (unpaired) electrons. The van der Waals surface area contributed by atoms with Gasteiger partial charge >= 0.3 is 5.97 Å². The van der Waals surface area contributed by atoms with Crippen LogP contribution in [0.25, 0.3) is 11.3 Å². The zero-order valence-corrected chi connectivity index (χ0v) is 9.99. The quantitative estimate of drug-likeness (QED) is 0.852. The molecule has 88 valence electrons. The van der Waals surface area contributed by atoms with Gasteiger partial charge in [-0.05, 0) is 6.92 Å². The summed E-state index contributed by atoms with van der Waals surface area (Å²) in [5.41, 5.74) is 1.59. The number of nitrogens with zero attached hydrogens (tertiary/aromatic N) is 1. The number of esters is 1. The lowest BCUT2D eigenvalue weighted by Crippen LogP contribution is -2.05. The molecule has 4 nitrogen and oxygen atoms in total. The first kappa shape index (κ1) is 11.7. The second-order valence-corrected chi connectivity index (χ2v) is 3.73. The van der Waals surface area contributed by atoms with E-state index in [1.165, 1.54) is 0 Å². The maximum atomic E-state index is 11.5. The number of carbonyl (C=O) groups is 1. The summed E-state index contributed by atoms with van der Waals surface area (Å²) >= 11 is 6.09. The predicted molar refractivity (Wildman–Crippen MR) is 65.0 cm³/mol. The number of hydrogen-bond donors (Lipinski definition) is 1. The molecule has 0 saturated heterocycles. The molecule has 17 heavy (non-hydrogen) atoms. The van der Waals surface area contributed by atoms with Gasteiger partial charge in [0, 0.05) is 5.56 Å². The Balaban J connectivity index is 2.37. The van der Waals surface area contributed by atoms with Crippen LogP contribution in [0.1, 0.15) is 17.4 Å². The van der Waals surface area contributed by atoms with Gasteiger partial charge in [0.2, 0.25) is 0 Å². The third kappa shape index (κ3) is 2.31. The molecule has 5 heteroatoms. The van der Waals surface area contributed by atoms with Crippen LogP contribution in [0.2, 0.25) is 5.02 Å². The molecule has 0 aliphatic rings. The van der Waals surface area contributed by atoms with Crippen LogP contribution in [-0.2, 0) is 4.74 Å². The molecule has 0 saturated carbocycles. The van der Waals surface area contributed by atoms with Crippen LogP contribution < -0.4 is 0 Å². The smallest absolute Gasteiger partial charge is 0.357 e. The fourth-order valence-corrected chi connectivity index (χ4v) is 1.72. The highest BCUT2D eigenvalue weighted by molar-refractivity contribution is 6.35. The van der Waals surface area contributed by atoms with Crippen LogP contribution >= 0.6 is 11.6 Å². The number of benzene rings is 1. The minimum atomic E-state index is -0.493. The lowest BCUT2D eigenvalue weighted by molar-refractivity contribution is 0.0519. The fourth-order valence-electron chi connectivity index (χ4n) is 1.45. The largest absolute Gasteiger partial charge is 0.461 e. The summed E-state index contributed by atoms with van der Waals surface area (Å²) in [5.74, 6) is -0.493. The maximum Gasteiger partial charge on any atom is 0.357 e. The van der Waals surface area contributed by atoms with Gasteiger partial charge in [0.1, 0.15) is 10.7 Å². The highest BCUT2D eigenvalue weighted by Crippen LogP contribution is 2.28. The number of H-pyrrole nitrogens is 1. The molecule has 2 aromatic rings. The first-order valence-electron chi connectivity index (χ1n) is 5.20. The summed E-state index contributed by atoms with van der Waals surface area (Å²) in [5, 5.41) is 6.92. The van der Waals surface area contributed by atoms with Gasteiger partial charge in [-0.2, -0.15) is 5.10 Å². The molecule has 1 heterocycles. The summed E-state index contributed by atoms with van der Waals surface area (Å²) in [6.07, 6.45) is 0. The predicted octanol–water partition coefficient (Wildman–Crippen LogP) is 2.91. The van der Waals surface area contributed by atoms with E-state index in [-0.39, 0.29) is 10.7 Å². The van der Waals surface area contributed by atoms with Crippen LogP contribution in [0.3, 0.4) is 0 Å². The van der Waals surface area contributed by atoms with Crippen molar-refractivity contribution < 1.29 is 9.53 Å². The SMILES string of the molecule is CCOC(=O)c1[nH]nc(-c2ccccc2)c1Cl. The Kier molecular flexibility index (Phi) is 3.44. The van der Waals surface area contributed by atoms with Crippen molar-refractivity contribution in [2.75, 3.05) is 6.61 Å². The molecule has 1 aromatic heterocycles. The molecule has 0 unspecified atom stereocenters. The van der Waals surface area contributed by atoms with Crippen LogP contribution in [0.4, 0.5) is 0 Å². The van der Waals surface area contributed by atoms with E-state index in [1.807, 2.05) is 30.3 Å². The second-order valence-electron chi connectivity index (χ2n) is 3.35. The van der Waals surface area contributed by atoms with Crippen LogP contribution in [0.15, 0.2) is 30.3 Å². The number of rotatable bonds is 3. The summed E-state index contributed by atoms with van der Waals surface area (Å²) < 4.78 is 4.86. The highest BCUT2D eigenvalue weighted by atomic mass is 35.5. The molecule has 1 N–H and O–H groups in total. The summed E-state index contributed by atoms with van der Waals surface area (Å²) in [7, 11) is 0. The molecular weight excluding hydrogens is 240 g/mol. The minimum Gasteiger partial charge on any atom is -0.461 e. The van der Waals surface area contributed by atoms with Crippen molar-refractivity contribution in [1.82, 2.24) is 10.2 Å². The monoisotopic (exact) mass is 250 g/mol. The van der Waals surface area contributed by atoms with Crippen LogP contribution in [-0.4, -0.2) is 22.8 Å². The molecular formula is C12H11ClN2O2. The van der Waals surface area contributed by atoms with Gasteiger partial charge < -0.3 is 4.74 Å². The zero-order chi connectivity index (χ0) is 12.3. The molecule has 0 aliphatic heterocycles. The van der Waals surface area contributed by atoms with Crippen LogP contribution in [0, 0.1) is 0 Å². The van der Waals surface area contributed by atoms with Gasteiger partial charge in [-0.3, -0.25) is 5.10 Å². The van der Waals surface area contributed by atoms with E-state index in [4.69, 9.17) is 16.3 Å². The normalized spacial score (nSPS) is 10.2. The lowest BCUT2D eigenvalue weighted by atomic mass is 10.1. The van der Waals surface area contributed by atoms with Gasteiger partial charge in [-0.25, -0.2) is 4.79 Å². The Morgan fingerprint density at radius 2 is 2.12 bits per heavy atom. The molecule has 0 fully saturated rings. The minimum absolute atomic E-state index is 0.187. The Labute approximate surface area is 104 Å². The average molecular weight is 251 g/mol. The van der Waals surface area contributed by atoms with Crippen molar-refractivity contribution in [3.8, 4) is 11.3 Å². The zero-order valence-electron chi connectivity index (χ0n) is 9.24. The van der Waals surface area contributed by atoms with Crippen molar-refractivity contribution >= 4 is 17.6 Å². The number of nitrogens with one attached hydrogen (secondary N) is 1. The van der Waals surface area contributed by atoms with Crippen molar-refractivity contribution in [2.45, 2.75) is 6.92 Å². The third-order valence-corrected chi connectivity index (χ3v) is 2.60. The van der Waals surface area contributed by atoms with Crippen LogP contribution in [0.5, 0.6) is 0 Å². The number of halogens is 1. The second kappa shape index (κ2) is 5.01. The number of hydrogen-bond acceptors (Lipinski definition) is 3. The topological polar surface area (TPSA) is 55.0 Å². The van der Waals surface area contributed by atoms with Gasteiger partial charge in [0.25, 0.3) is 0 Å². The van der Waals surface area contributed by atoms with E-state index in [1.54, 1.807) is 6.92 Å². The van der Waals surface area contributed by atoms with Gasteiger partial charge in [-0.1, -0.05) is 41.9 Å². The van der Waals surface area contributed by atoms with Gasteiger partial charge in [0.05, 0.1) is 6.61 Å². The third-order valence-electron chi connectivity index (χ3n) is 2.23. The first-order chi connectivity index (χ1) is 8.24. The van der Waals surface area contributed by atoms with E-state index in [0.29, 0.717) is 12.3 Å². The molecule has 1 aromatic carbocycles. The molecule has 0 bridgehead atoms. The van der Waals surface area contributed by atoms with Gasteiger partial charge in [0.15, 0.2) is 5.69 Å². The van der Waals surface area contributed by atoms with E-state index in [9.17, 15) is 4.79 Å². The Morgan fingerprint density at radius 3 is 2.76 bits per heavy atom. The standard InChI is InChI=1S/C12H11ClN2O2/c1-2-17-12(16)11-9(13)10(14-15-11)8-6-4-3-5-7-8/h3-7H,2H2,1H3,(H,14,15). The fraction of sp³-hybridized carbons (Fsp3) is 0.167. The Bertz CT molecular complexity index is 523. The first-order valence-corrected chi connectivity index (χ1v) is 5.58. The Morgan fingerprint density at radius 1 is 1.41 bits per heavy atom. The average Bonchev–Trinajstić information content (AvgIpc) is 2.72. The molecule has 0 atom stereocenters. The number of aromatic nitrogens is 2. The maximum absolute atomic E-state index is 11.5. The summed E-state index contributed by atoms with van der Waals surface area (Å²) in [6, 6.07) is 9.40. The van der Waals surface area contributed by atoms with Gasteiger partial charge in [-0.15, -0.1) is 0 Å². The van der Waals surface area contributed by atoms with Crippen molar-refractivity contribution in [3.05, 3.63) is 41.0 Å². The van der Waals surface area contributed by atoms with E-state index in [0.717, 1.165) is 5.56 Å². The number of carbonyl (C=O) groups excluding carboxylic acids is 1. The van der Waals surface area contributed by atoms with Crippen molar-refractivity contribution in [2.24, 2.45) is 0 Å². The van der Waals surface area contributed by atoms with Crippen molar-refractivity contribution in [1.29, 1.82) is 0 Å². The molecule has 0 aliphatic carbocycles. The lowest BCUT2D eigenvalue weighted by Gasteiger charge is -1.99. The number of aromatic amines is 1.